The molecule has 116 valence electrons. The van der Waals surface area contributed by atoms with Crippen molar-refractivity contribution >= 4 is 6.03 Å². The van der Waals surface area contributed by atoms with Crippen LogP contribution >= 0.6 is 0 Å². The van der Waals surface area contributed by atoms with E-state index in [4.69, 9.17) is 0 Å². The van der Waals surface area contributed by atoms with E-state index in [-0.39, 0.29) is 17.8 Å². The number of rotatable bonds is 3. The summed E-state index contributed by atoms with van der Waals surface area (Å²) in [5.74, 6) is 0.869. The maximum absolute atomic E-state index is 13.0. The Balaban J connectivity index is 1.54. The molecule has 1 N–H and O–H groups in total. The first-order chi connectivity index (χ1) is 10.6. The fourth-order valence-corrected chi connectivity index (χ4v) is 2.79. The second-order valence-corrected chi connectivity index (χ2v) is 5.60. The van der Waals surface area contributed by atoms with Crippen molar-refractivity contribution in [2.24, 2.45) is 7.05 Å². The topological polar surface area (TPSA) is 50.2 Å². The number of hydrogen-bond acceptors (Lipinski definition) is 2. The Kier molecular flexibility index (Phi) is 4.09. The molecule has 0 saturated carbocycles. The molecule has 5 nitrogen and oxygen atoms in total. The average Bonchev–Trinajstić information content (AvgIpc) is 3.15. The minimum Gasteiger partial charge on any atom is -0.337 e. The lowest BCUT2D eigenvalue weighted by atomic mass is 9.99. The molecule has 1 aromatic heterocycles. The van der Waals surface area contributed by atoms with Gasteiger partial charge in [-0.3, -0.25) is 0 Å². The highest BCUT2D eigenvalue weighted by Crippen LogP contribution is 2.27. The zero-order chi connectivity index (χ0) is 15.5. The molecule has 0 radical (unpaired) electrons. The van der Waals surface area contributed by atoms with E-state index < -0.39 is 0 Å². The predicted octanol–water partition coefficient (Wildman–Crippen LogP) is 2.26. The Bertz CT molecular complexity index is 652. The molecule has 2 aromatic rings. The van der Waals surface area contributed by atoms with Gasteiger partial charge < -0.3 is 14.8 Å². The van der Waals surface area contributed by atoms with Gasteiger partial charge in [0, 0.05) is 38.4 Å². The number of carbonyl (C=O) groups excluding carboxylic acids is 1. The van der Waals surface area contributed by atoms with Crippen molar-refractivity contribution in [1.29, 1.82) is 0 Å². The van der Waals surface area contributed by atoms with Crippen molar-refractivity contribution in [2.45, 2.75) is 18.9 Å². The molecule has 1 aliphatic rings. The monoisotopic (exact) mass is 302 g/mol. The summed E-state index contributed by atoms with van der Waals surface area (Å²) in [6, 6.07) is 6.47. The molecule has 1 fully saturated rings. The molecule has 0 aliphatic carbocycles. The quantitative estimate of drug-likeness (QED) is 0.945. The van der Waals surface area contributed by atoms with Crippen molar-refractivity contribution in [3.05, 3.63) is 53.9 Å². The summed E-state index contributed by atoms with van der Waals surface area (Å²) in [4.78, 5) is 18.2. The number of benzene rings is 1. The van der Waals surface area contributed by atoms with Crippen molar-refractivity contribution in [3.63, 3.8) is 0 Å². The SMILES string of the molecule is Cn1ccnc1CNC(=O)N1CC[C@@H](c2ccc(F)cc2)C1. The number of imidazole rings is 1. The van der Waals surface area contributed by atoms with Crippen LogP contribution < -0.4 is 5.32 Å². The van der Waals surface area contributed by atoms with E-state index in [1.54, 1.807) is 23.2 Å². The lowest BCUT2D eigenvalue weighted by molar-refractivity contribution is 0.207. The van der Waals surface area contributed by atoms with E-state index in [2.05, 4.69) is 10.3 Å². The van der Waals surface area contributed by atoms with Crippen LogP contribution in [0.15, 0.2) is 36.7 Å². The maximum atomic E-state index is 13.0. The number of hydrogen-bond donors (Lipinski definition) is 1. The van der Waals surface area contributed by atoms with Crippen LogP contribution in [0.2, 0.25) is 0 Å². The van der Waals surface area contributed by atoms with E-state index in [1.807, 2.05) is 17.8 Å². The summed E-state index contributed by atoms with van der Waals surface area (Å²) in [5, 5.41) is 2.89. The third kappa shape index (κ3) is 3.10. The minimum absolute atomic E-state index is 0.0763. The van der Waals surface area contributed by atoms with Gasteiger partial charge in [0.05, 0.1) is 6.54 Å². The van der Waals surface area contributed by atoms with E-state index in [0.717, 1.165) is 17.8 Å². The van der Waals surface area contributed by atoms with E-state index in [0.29, 0.717) is 19.6 Å². The van der Waals surface area contributed by atoms with E-state index in [9.17, 15) is 9.18 Å². The van der Waals surface area contributed by atoms with Gasteiger partial charge in [0.15, 0.2) is 0 Å². The molecular formula is C16H19FN4O. The number of nitrogens with one attached hydrogen (secondary N) is 1. The molecule has 0 unspecified atom stereocenters. The Hall–Kier alpha value is -2.37. The van der Waals surface area contributed by atoms with Crippen LogP contribution in [0.5, 0.6) is 0 Å². The summed E-state index contributed by atoms with van der Waals surface area (Å²) in [6.45, 7) is 1.80. The Labute approximate surface area is 128 Å². The van der Waals surface area contributed by atoms with Gasteiger partial charge in [-0.2, -0.15) is 0 Å². The van der Waals surface area contributed by atoms with Gasteiger partial charge in [0.2, 0.25) is 0 Å². The predicted molar refractivity (Wildman–Crippen MR) is 80.8 cm³/mol. The lowest BCUT2D eigenvalue weighted by Crippen LogP contribution is -2.38. The first-order valence-corrected chi connectivity index (χ1v) is 7.38. The second-order valence-electron chi connectivity index (χ2n) is 5.60. The number of amides is 2. The fourth-order valence-electron chi connectivity index (χ4n) is 2.79. The molecule has 2 amide bonds. The van der Waals surface area contributed by atoms with Crippen LogP contribution in [-0.2, 0) is 13.6 Å². The number of aryl methyl sites for hydroxylation is 1. The normalized spacial score (nSPS) is 17.7. The maximum Gasteiger partial charge on any atom is 0.317 e. The van der Waals surface area contributed by atoms with Crippen LogP contribution in [-0.4, -0.2) is 33.6 Å². The average molecular weight is 302 g/mol. The second kappa shape index (κ2) is 6.17. The van der Waals surface area contributed by atoms with Crippen LogP contribution in [0.3, 0.4) is 0 Å². The van der Waals surface area contributed by atoms with Gasteiger partial charge in [-0.15, -0.1) is 0 Å². The van der Waals surface area contributed by atoms with Crippen molar-refractivity contribution in [3.8, 4) is 0 Å². The molecule has 22 heavy (non-hydrogen) atoms. The summed E-state index contributed by atoms with van der Waals surface area (Å²) in [6.07, 6.45) is 4.46. The summed E-state index contributed by atoms with van der Waals surface area (Å²) in [7, 11) is 1.90. The van der Waals surface area contributed by atoms with E-state index >= 15 is 0 Å². The van der Waals surface area contributed by atoms with Crippen molar-refractivity contribution in [2.75, 3.05) is 13.1 Å². The van der Waals surface area contributed by atoms with Gasteiger partial charge >= 0.3 is 6.03 Å². The Morgan fingerprint density at radius 1 is 1.41 bits per heavy atom. The van der Waals surface area contributed by atoms with Crippen LogP contribution in [0.25, 0.3) is 0 Å². The first-order valence-electron chi connectivity index (χ1n) is 7.38. The molecule has 1 saturated heterocycles. The molecule has 1 aromatic carbocycles. The number of urea groups is 1. The summed E-state index contributed by atoms with van der Waals surface area (Å²) in [5.41, 5.74) is 1.08. The number of carbonyl (C=O) groups is 1. The fraction of sp³-hybridized carbons (Fsp3) is 0.375. The van der Waals surface area contributed by atoms with Crippen LogP contribution in [0.4, 0.5) is 9.18 Å². The number of likely N-dealkylation sites (tertiary alicyclic amines) is 1. The van der Waals surface area contributed by atoms with Gasteiger partial charge in [0.1, 0.15) is 11.6 Å². The zero-order valence-corrected chi connectivity index (χ0v) is 12.5. The molecular weight excluding hydrogens is 283 g/mol. The Morgan fingerprint density at radius 3 is 2.86 bits per heavy atom. The lowest BCUT2D eigenvalue weighted by Gasteiger charge is -2.17. The molecule has 2 heterocycles. The largest absolute Gasteiger partial charge is 0.337 e. The highest BCUT2D eigenvalue weighted by Gasteiger charge is 2.27. The van der Waals surface area contributed by atoms with Crippen LogP contribution in [0, 0.1) is 5.82 Å². The Morgan fingerprint density at radius 2 is 2.18 bits per heavy atom. The van der Waals surface area contributed by atoms with Gasteiger partial charge in [0.25, 0.3) is 0 Å². The minimum atomic E-state index is -0.230. The van der Waals surface area contributed by atoms with Gasteiger partial charge in [-0.1, -0.05) is 12.1 Å². The number of aromatic nitrogens is 2. The third-order valence-corrected chi connectivity index (χ3v) is 4.14. The van der Waals surface area contributed by atoms with Crippen LogP contribution in [0.1, 0.15) is 23.7 Å². The molecule has 1 aliphatic heterocycles. The van der Waals surface area contributed by atoms with Crippen molar-refractivity contribution < 1.29 is 9.18 Å². The standard InChI is InChI=1S/C16H19FN4O/c1-20-9-7-18-15(20)10-19-16(22)21-8-6-13(11-21)12-2-4-14(17)5-3-12/h2-5,7,9,13H,6,8,10-11H2,1H3,(H,19,22)/t13-/m1/s1. The molecule has 0 bridgehead atoms. The highest BCUT2D eigenvalue weighted by atomic mass is 19.1. The molecule has 3 rings (SSSR count). The summed E-state index contributed by atoms with van der Waals surface area (Å²) >= 11 is 0. The smallest absolute Gasteiger partial charge is 0.317 e. The van der Waals surface area contributed by atoms with Gasteiger partial charge in [-0.05, 0) is 24.1 Å². The third-order valence-electron chi connectivity index (χ3n) is 4.14. The molecule has 0 spiro atoms. The van der Waals surface area contributed by atoms with Gasteiger partial charge in [-0.25, -0.2) is 14.2 Å². The zero-order valence-electron chi connectivity index (χ0n) is 12.5. The number of nitrogens with zero attached hydrogens (tertiary/aromatic N) is 3. The first kappa shape index (κ1) is 14.6. The van der Waals surface area contributed by atoms with E-state index in [1.165, 1.54) is 12.1 Å². The number of halogens is 1. The molecule has 6 heteroatoms. The highest BCUT2D eigenvalue weighted by molar-refractivity contribution is 5.74. The van der Waals surface area contributed by atoms with Crippen molar-refractivity contribution in [1.82, 2.24) is 19.8 Å². The molecule has 1 atom stereocenters. The summed E-state index contributed by atoms with van der Waals surface area (Å²) < 4.78 is 14.8.